The monoisotopic (exact) mass is 387 g/mol. The van der Waals surface area contributed by atoms with Crippen LogP contribution >= 0.6 is 12.4 Å². The second kappa shape index (κ2) is 9.53. The third kappa shape index (κ3) is 4.87. The number of nitrogens with zero attached hydrogens (tertiary/aromatic N) is 2. The topological polar surface area (TPSA) is 52.7 Å². The number of unbranched alkanes of at least 4 members (excludes halogenated alkanes) is 2. The lowest BCUT2D eigenvalue weighted by Crippen LogP contribution is -2.26. The first-order valence-corrected chi connectivity index (χ1v) is 9.05. The number of carbonyl (C=O) groups is 2. The minimum Gasteiger partial charge on any atom is -0.320 e. The van der Waals surface area contributed by atoms with Crippen molar-refractivity contribution in [3.63, 3.8) is 0 Å². The predicted molar refractivity (Wildman–Crippen MR) is 112 cm³/mol. The molecule has 0 bridgehead atoms. The summed E-state index contributed by atoms with van der Waals surface area (Å²) in [4.78, 5) is 29.4. The van der Waals surface area contributed by atoms with Crippen LogP contribution in [0.5, 0.6) is 0 Å². The number of halogens is 1. The zero-order valence-corrected chi connectivity index (χ0v) is 16.6. The lowest BCUT2D eigenvalue weighted by molar-refractivity contribution is -0.118. The third-order valence-corrected chi connectivity index (χ3v) is 4.53. The largest absolute Gasteiger partial charge is 0.320 e. The Bertz CT molecular complexity index is 808. The van der Waals surface area contributed by atoms with Gasteiger partial charge in [-0.15, -0.1) is 12.4 Å². The number of para-hydroxylation sites is 3. The van der Waals surface area contributed by atoms with E-state index in [0.29, 0.717) is 23.4 Å². The minimum absolute atomic E-state index is 0. The number of anilines is 3. The van der Waals surface area contributed by atoms with Gasteiger partial charge in [0.25, 0.3) is 5.91 Å². The third-order valence-electron chi connectivity index (χ3n) is 4.53. The Morgan fingerprint density at radius 1 is 0.963 bits per heavy atom. The number of hydrogen-bond donors (Lipinski definition) is 1. The van der Waals surface area contributed by atoms with Crippen molar-refractivity contribution in [3.05, 3.63) is 54.1 Å². The number of hydrogen-bond acceptors (Lipinski definition) is 3. The maximum absolute atomic E-state index is 13.1. The fourth-order valence-electron chi connectivity index (χ4n) is 3.22. The molecule has 2 amide bonds. The lowest BCUT2D eigenvalue weighted by atomic mass is 10.1. The number of rotatable bonds is 6. The van der Waals surface area contributed by atoms with Crippen LogP contribution in [-0.4, -0.2) is 37.4 Å². The number of nitrogens with one attached hydrogen (secondary N) is 1. The average Bonchev–Trinajstić information content (AvgIpc) is 2.75. The van der Waals surface area contributed by atoms with Gasteiger partial charge in [-0.3, -0.25) is 14.5 Å². The molecule has 0 saturated carbocycles. The zero-order chi connectivity index (χ0) is 18.5. The molecule has 0 aliphatic carbocycles. The van der Waals surface area contributed by atoms with E-state index in [1.807, 2.05) is 42.5 Å². The summed E-state index contributed by atoms with van der Waals surface area (Å²) in [5.41, 5.74) is 2.55. The molecule has 6 heteroatoms. The van der Waals surface area contributed by atoms with Crippen LogP contribution in [0.3, 0.4) is 0 Å². The Morgan fingerprint density at radius 3 is 2.37 bits per heavy atom. The van der Waals surface area contributed by atoms with Crippen LogP contribution in [0.4, 0.5) is 17.1 Å². The van der Waals surface area contributed by atoms with Crippen LogP contribution in [0.25, 0.3) is 0 Å². The van der Waals surface area contributed by atoms with Gasteiger partial charge in [-0.2, -0.15) is 0 Å². The number of benzene rings is 2. The lowest BCUT2D eigenvalue weighted by Gasteiger charge is -2.24. The van der Waals surface area contributed by atoms with E-state index in [9.17, 15) is 9.59 Å². The Morgan fingerprint density at radius 2 is 1.63 bits per heavy atom. The highest BCUT2D eigenvalue weighted by molar-refractivity contribution is 6.17. The highest BCUT2D eigenvalue weighted by Crippen LogP contribution is 2.38. The summed E-state index contributed by atoms with van der Waals surface area (Å²) in [5.74, 6) is -0.166. The molecule has 0 fully saturated rings. The van der Waals surface area contributed by atoms with Gasteiger partial charge >= 0.3 is 0 Å². The van der Waals surface area contributed by atoms with E-state index in [4.69, 9.17) is 0 Å². The van der Waals surface area contributed by atoms with Crippen molar-refractivity contribution in [3.8, 4) is 0 Å². The molecule has 2 aromatic rings. The fraction of sp³-hybridized carbons (Fsp3) is 0.333. The smallest absolute Gasteiger partial charge is 0.257 e. The van der Waals surface area contributed by atoms with E-state index in [1.54, 1.807) is 11.0 Å². The summed E-state index contributed by atoms with van der Waals surface area (Å²) < 4.78 is 0. The van der Waals surface area contributed by atoms with Gasteiger partial charge in [0.1, 0.15) is 0 Å². The molecule has 0 aromatic heterocycles. The SMILES string of the molecule is CN(C)CCCCCC(=O)N1c2ccccc2NC(=O)c2ccccc21.Cl. The Labute approximate surface area is 166 Å². The summed E-state index contributed by atoms with van der Waals surface area (Å²) in [6.07, 6.45) is 3.39. The average molecular weight is 388 g/mol. The molecule has 0 unspecified atom stereocenters. The van der Waals surface area contributed by atoms with Crippen molar-refractivity contribution in [2.75, 3.05) is 30.9 Å². The van der Waals surface area contributed by atoms with Crippen LogP contribution in [0.2, 0.25) is 0 Å². The molecule has 144 valence electrons. The second-order valence-corrected chi connectivity index (χ2v) is 6.83. The van der Waals surface area contributed by atoms with Crippen molar-refractivity contribution < 1.29 is 9.59 Å². The Balaban J connectivity index is 0.00000261. The van der Waals surface area contributed by atoms with Crippen molar-refractivity contribution >= 4 is 41.3 Å². The van der Waals surface area contributed by atoms with Gasteiger partial charge in [-0.05, 0) is 57.7 Å². The molecule has 5 nitrogen and oxygen atoms in total. The molecule has 0 saturated heterocycles. The van der Waals surface area contributed by atoms with Crippen molar-refractivity contribution in [1.82, 2.24) is 4.90 Å². The molecule has 2 aromatic carbocycles. The van der Waals surface area contributed by atoms with Gasteiger partial charge < -0.3 is 10.2 Å². The summed E-state index contributed by atoms with van der Waals surface area (Å²) >= 11 is 0. The molecule has 1 heterocycles. The summed E-state index contributed by atoms with van der Waals surface area (Å²) in [6, 6.07) is 14.7. The van der Waals surface area contributed by atoms with E-state index < -0.39 is 0 Å². The predicted octanol–water partition coefficient (Wildman–Crippen LogP) is 4.46. The van der Waals surface area contributed by atoms with Crippen LogP contribution in [0, 0.1) is 0 Å². The van der Waals surface area contributed by atoms with Gasteiger partial charge in [0.15, 0.2) is 0 Å². The second-order valence-electron chi connectivity index (χ2n) is 6.83. The Kier molecular flexibility index (Phi) is 7.39. The van der Waals surface area contributed by atoms with E-state index in [0.717, 1.165) is 31.5 Å². The molecule has 1 aliphatic rings. The molecule has 0 radical (unpaired) electrons. The van der Waals surface area contributed by atoms with E-state index in [2.05, 4.69) is 24.3 Å². The first-order chi connectivity index (χ1) is 12.6. The van der Waals surface area contributed by atoms with Crippen molar-refractivity contribution in [2.24, 2.45) is 0 Å². The molecule has 1 aliphatic heterocycles. The Hall–Kier alpha value is -2.37. The highest BCUT2D eigenvalue weighted by Gasteiger charge is 2.28. The first kappa shape index (κ1) is 20.9. The molecule has 0 spiro atoms. The molecule has 0 atom stereocenters. The van der Waals surface area contributed by atoms with E-state index >= 15 is 0 Å². The molecular formula is C21H26ClN3O2. The first-order valence-electron chi connectivity index (χ1n) is 9.05. The minimum atomic E-state index is -0.186. The zero-order valence-electron chi connectivity index (χ0n) is 15.8. The van der Waals surface area contributed by atoms with Gasteiger partial charge in [-0.25, -0.2) is 0 Å². The van der Waals surface area contributed by atoms with E-state index in [-0.39, 0.29) is 24.2 Å². The van der Waals surface area contributed by atoms with Crippen LogP contribution in [-0.2, 0) is 4.79 Å². The summed E-state index contributed by atoms with van der Waals surface area (Å²) in [5, 5.41) is 2.91. The molecule has 1 N–H and O–H groups in total. The van der Waals surface area contributed by atoms with Gasteiger partial charge in [0.2, 0.25) is 5.91 Å². The standard InChI is InChI=1S/C21H25N3O2.ClH/c1-23(2)15-9-3-4-14-20(25)24-18-12-7-5-10-16(18)21(26)22-17-11-6-8-13-19(17)24;/h5-8,10-13H,3-4,9,14-15H2,1-2H3,(H,22,26);1H. The fourth-order valence-corrected chi connectivity index (χ4v) is 3.22. The number of carbonyl (C=O) groups excluding carboxylic acids is 2. The van der Waals surface area contributed by atoms with Gasteiger partial charge in [-0.1, -0.05) is 30.7 Å². The molecule has 3 rings (SSSR count). The van der Waals surface area contributed by atoms with Crippen LogP contribution in [0.1, 0.15) is 36.0 Å². The van der Waals surface area contributed by atoms with Crippen molar-refractivity contribution in [2.45, 2.75) is 25.7 Å². The van der Waals surface area contributed by atoms with Crippen molar-refractivity contribution in [1.29, 1.82) is 0 Å². The highest BCUT2D eigenvalue weighted by atomic mass is 35.5. The quantitative estimate of drug-likeness (QED) is 0.744. The molecule has 27 heavy (non-hydrogen) atoms. The van der Waals surface area contributed by atoms with Crippen LogP contribution < -0.4 is 10.2 Å². The summed E-state index contributed by atoms with van der Waals surface area (Å²) in [7, 11) is 4.11. The van der Waals surface area contributed by atoms with Gasteiger partial charge in [0, 0.05) is 6.42 Å². The maximum atomic E-state index is 13.1. The summed E-state index contributed by atoms with van der Waals surface area (Å²) in [6.45, 7) is 1.03. The van der Waals surface area contributed by atoms with Crippen LogP contribution in [0.15, 0.2) is 48.5 Å². The number of amides is 2. The van der Waals surface area contributed by atoms with E-state index in [1.165, 1.54) is 0 Å². The number of fused-ring (bicyclic) bond motifs is 2. The normalized spacial score (nSPS) is 12.6. The maximum Gasteiger partial charge on any atom is 0.257 e. The molecular weight excluding hydrogens is 362 g/mol. The van der Waals surface area contributed by atoms with Gasteiger partial charge in [0.05, 0.1) is 22.6 Å².